The van der Waals surface area contributed by atoms with Crippen molar-refractivity contribution in [1.29, 1.82) is 0 Å². The van der Waals surface area contributed by atoms with Crippen molar-refractivity contribution in [3.8, 4) is 5.75 Å². The van der Waals surface area contributed by atoms with Crippen LogP contribution in [0.4, 0.5) is 5.69 Å². The van der Waals surface area contributed by atoms with Gasteiger partial charge in [-0.15, -0.1) is 0 Å². The Balaban J connectivity index is 1.67. The molecule has 0 bridgehead atoms. The molecule has 0 aliphatic carbocycles. The van der Waals surface area contributed by atoms with Gasteiger partial charge in [-0.25, -0.2) is 8.42 Å². The van der Waals surface area contributed by atoms with Gasteiger partial charge in [0.2, 0.25) is 0 Å². The number of hydrogen-bond acceptors (Lipinski definition) is 4. The fourth-order valence-electron chi connectivity index (χ4n) is 3.01. The standard InChI is InChI=1S/C24H25ClN2O3S/c1-27(17-5-6-19-9-11-21(25)12-10-19)18-20-7-3-4-8-24(20)26-31(28,29)23-15-13-22(30-2)14-16-23/h3-16,26H,17-18H2,1-2H3/b6-5+. The maximum absolute atomic E-state index is 12.8. The van der Waals surface area contributed by atoms with E-state index >= 15 is 0 Å². The average molecular weight is 457 g/mol. The molecule has 0 atom stereocenters. The van der Waals surface area contributed by atoms with E-state index in [2.05, 4.69) is 15.7 Å². The molecule has 0 aliphatic rings. The number of ether oxygens (including phenoxy) is 1. The zero-order valence-electron chi connectivity index (χ0n) is 17.5. The number of anilines is 1. The molecule has 0 unspecified atom stereocenters. The van der Waals surface area contributed by atoms with Crippen LogP contribution in [0.25, 0.3) is 6.08 Å². The predicted molar refractivity (Wildman–Crippen MR) is 127 cm³/mol. The molecule has 0 radical (unpaired) electrons. The minimum Gasteiger partial charge on any atom is -0.497 e. The molecule has 3 rings (SSSR count). The Morgan fingerprint density at radius 2 is 1.68 bits per heavy atom. The SMILES string of the molecule is COc1ccc(S(=O)(=O)Nc2ccccc2CN(C)C/C=C/c2ccc(Cl)cc2)cc1. The molecular formula is C24H25ClN2O3S. The average Bonchev–Trinajstić information content (AvgIpc) is 2.76. The largest absolute Gasteiger partial charge is 0.497 e. The molecule has 3 aromatic rings. The summed E-state index contributed by atoms with van der Waals surface area (Å²) < 4.78 is 33.4. The highest BCUT2D eigenvalue weighted by Crippen LogP contribution is 2.22. The monoisotopic (exact) mass is 456 g/mol. The van der Waals surface area contributed by atoms with Gasteiger partial charge >= 0.3 is 0 Å². The number of benzene rings is 3. The van der Waals surface area contributed by atoms with Gasteiger partial charge in [0.1, 0.15) is 5.75 Å². The molecule has 3 aromatic carbocycles. The van der Waals surface area contributed by atoms with Crippen LogP contribution in [-0.4, -0.2) is 34.0 Å². The van der Waals surface area contributed by atoms with Crippen LogP contribution in [0.3, 0.4) is 0 Å². The minimum atomic E-state index is -3.70. The van der Waals surface area contributed by atoms with E-state index in [9.17, 15) is 8.42 Å². The van der Waals surface area contributed by atoms with Gasteiger partial charge < -0.3 is 4.74 Å². The molecule has 5 nitrogen and oxygen atoms in total. The number of halogens is 1. The first-order valence-corrected chi connectivity index (χ1v) is 11.6. The van der Waals surface area contributed by atoms with Crippen LogP contribution in [0.5, 0.6) is 5.75 Å². The second kappa shape index (κ2) is 10.5. The molecule has 0 amide bonds. The third kappa shape index (κ3) is 6.59. The van der Waals surface area contributed by atoms with Gasteiger partial charge in [0.25, 0.3) is 10.0 Å². The van der Waals surface area contributed by atoms with Crippen LogP contribution in [0.2, 0.25) is 5.02 Å². The first kappa shape index (κ1) is 22.9. The molecule has 0 saturated carbocycles. The topological polar surface area (TPSA) is 58.6 Å². The maximum atomic E-state index is 12.8. The number of para-hydroxylation sites is 1. The number of rotatable bonds is 9. The van der Waals surface area contributed by atoms with Crippen LogP contribution in [0, 0.1) is 0 Å². The van der Waals surface area contributed by atoms with E-state index in [0.717, 1.165) is 11.1 Å². The van der Waals surface area contributed by atoms with Crippen molar-refractivity contribution in [1.82, 2.24) is 4.90 Å². The van der Waals surface area contributed by atoms with Crippen molar-refractivity contribution in [3.05, 3.63) is 95.0 Å². The number of nitrogens with zero attached hydrogens (tertiary/aromatic N) is 1. The van der Waals surface area contributed by atoms with E-state index in [1.54, 1.807) is 25.3 Å². The number of likely N-dealkylation sites (N-methyl/N-ethyl adjacent to an activating group) is 1. The van der Waals surface area contributed by atoms with Gasteiger partial charge in [0.15, 0.2) is 0 Å². The Hall–Kier alpha value is -2.80. The van der Waals surface area contributed by atoms with Crippen molar-refractivity contribution >= 4 is 33.4 Å². The van der Waals surface area contributed by atoms with Gasteiger partial charge in [-0.1, -0.05) is 54.1 Å². The first-order valence-electron chi connectivity index (χ1n) is 9.73. The summed E-state index contributed by atoms with van der Waals surface area (Å²) in [6.45, 7) is 1.30. The molecule has 0 fully saturated rings. The molecule has 0 heterocycles. The van der Waals surface area contributed by atoms with E-state index in [1.807, 2.05) is 55.6 Å². The highest BCUT2D eigenvalue weighted by atomic mass is 35.5. The molecule has 0 spiro atoms. The Kier molecular flexibility index (Phi) is 7.74. The summed E-state index contributed by atoms with van der Waals surface area (Å²) >= 11 is 5.91. The van der Waals surface area contributed by atoms with E-state index < -0.39 is 10.0 Å². The molecule has 1 N–H and O–H groups in total. The van der Waals surface area contributed by atoms with Crippen LogP contribution in [-0.2, 0) is 16.6 Å². The number of sulfonamides is 1. The first-order chi connectivity index (χ1) is 14.9. The van der Waals surface area contributed by atoms with Gasteiger partial charge in [-0.2, -0.15) is 0 Å². The minimum absolute atomic E-state index is 0.183. The van der Waals surface area contributed by atoms with Gasteiger partial charge in [0, 0.05) is 18.1 Å². The third-order valence-electron chi connectivity index (χ3n) is 4.67. The van der Waals surface area contributed by atoms with Crippen molar-refractivity contribution in [2.45, 2.75) is 11.4 Å². The fraction of sp³-hybridized carbons (Fsp3) is 0.167. The Morgan fingerprint density at radius 3 is 2.35 bits per heavy atom. The van der Waals surface area contributed by atoms with Crippen LogP contribution < -0.4 is 9.46 Å². The van der Waals surface area contributed by atoms with Gasteiger partial charge in [0.05, 0.1) is 17.7 Å². The Bertz CT molecular complexity index is 1130. The van der Waals surface area contributed by atoms with Crippen molar-refractivity contribution < 1.29 is 13.2 Å². The molecule has 0 aromatic heterocycles. The van der Waals surface area contributed by atoms with Gasteiger partial charge in [-0.05, 0) is 60.6 Å². The fourth-order valence-corrected chi connectivity index (χ4v) is 4.24. The zero-order valence-corrected chi connectivity index (χ0v) is 19.0. The molecule has 162 valence electrons. The summed E-state index contributed by atoms with van der Waals surface area (Å²) in [6, 6.07) is 21.3. The van der Waals surface area contributed by atoms with Crippen LogP contribution in [0.1, 0.15) is 11.1 Å². The van der Waals surface area contributed by atoms with E-state index in [-0.39, 0.29) is 4.90 Å². The third-order valence-corrected chi connectivity index (χ3v) is 6.30. The van der Waals surface area contributed by atoms with Crippen molar-refractivity contribution in [2.75, 3.05) is 25.4 Å². The lowest BCUT2D eigenvalue weighted by atomic mass is 10.1. The van der Waals surface area contributed by atoms with Crippen LogP contribution >= 0.6 is 11.6 Å². The van der Waals surface area contributed by atoms with Gasteiger partial charge in [-0.3, -0.25) is 9.62 Å². The number of nitrogens with one attached hydrogen (secondary N) is 1. The lowest BCUT2D eigenvalue weighted by Crippen LogP contribution is -2.20. The molecule has 0 aliphatic heterocycles. The second-order valence-corrected chi connectivity index (χ2v) is 9.21. The summed E-state index contributed by atoms with van der Waals surface area (Å²) in [7, 11) is -0.174. The molecular weight excluding hydrogens is 432 g/mol. The Labute approximate surface area is 189 Å². The summed E-state index contributed by atoms with van der Waals surface area (Å²) in [5.74, 6) is 0.604. The highest BCUT2D eigenvalue weighted by molar-refractivity contribution is 7.92. The summed E-state index contributed by atoms with van der Waals surface area (Å²) in [4.78, 5) is 2.29. The molecule has 7 heteroatoms. The van der Waals surface area contributed by atoms with Crippen molar-refractivity contribution in [3.63, 3.8) is 0 Å². The van der Waals surface area contributed by atoms with Crippen molar-refractivity contribution in [2.24, 2.45) is 0 Å². The smallest absolute Gasteiger partial charge is 0.261 e. The van der Waals surface area contributed by atoms with E-state index in [4.69, 9.17) is 16.3 Å². The summed E-state index contributed by atoms with van der Waals surface area (Å²) in [5.41, 5.74) is 2.53. The zero-order chi connectivity index (χ0) is 22.3. The molecule has 0 saturated heterocycles. The predicted octanol–water partition coefficient (Wildman–Crippen LogP) is 5.29. The van der Waals surface area contributed by atoms with Crippen LogP contribution in [0.15, 0.2) is 83.8 Å². The lowest BCUT2D eigenvalue weighted by molar-refractivity contribution is 0.364. The van der Waals surface area contributed by atoms with E-state index in [0.29, 0.717) is 29.5 Å². The normalized spacial score (nSPS) is 11.7. The number of methoxy groups -OCH3 is 1. The lowest BCUT2D eigenvalue weighted by Gasteiger charge is -2.18. The summed E-state index contributed by atoms with van der Waals surface area (Å²) in [6.07, 6.45) is 4.10. The second-order valence-electron chi connectivity index (χ2n) is 7.09. The maximum Gasteiger partial charge on any atom is 0.261 e. The Morgan fingerprint density at radius 1 is 1.00 bits per heavy atom. The quantitative estimate of drug-likeness (QED) is 0.475. The molecule has 31 heavy (non-hydrogen) atoms. The van der Waals surface area contributed by atoms with E-state index in [1.165, 1.54) is 12.1 Å². The number of hydrogen-bond donors (Lipinski definition) is 1. The summed E-state index contributed by atoms with van der Waals surface area (Å²) in [5, 5.41) is 0.711. The highest BCUT2D eigenvalue weighted by Gasteiger charge is 2.16.